The summed E-state index contributed by atoms with van der Waals surface area (Å²) in [5.41, 5.74) is -1.19. The van der Waals surface area contributed by atoms with Gasteiger partial charge in [0, 0.05) is 19.0 Å². The van der Waals surface area contributed by atoms with Crippen LogP contribution in [0.1, 0.15) is 79.9 Å². The van der Waals surface area contributed by atoms with Crippen LogP contribution < -0.4 is 16.0 Å². The van der Waals surface area contributed by atoms with E-state index in [1.54, 1.807) is 7.05 Å². The highest BCUT2D eigenvalue weighted by molar-refractivity contribution is 14.0. The van der Waals surface area contributed by atoms with E-state index in [-0.39, 0.29) is 29.4 Å². The minimum Gasteiger partial charge on any atom is -0.444 e. The molecule has 1 aromatic rings. The molecule has 0 aromatic carbocycles. The van der Waals surface area contributed by atoms with Crippen LogP contribution in [-0.2, 0) is 16.7 Å². The summed E-state index contributed by atoms with van der Waals surface area (Å²) in [6.07, 6.45) is 1.06. The number of ether oxygens (including phenoxy) is 1. The number of halogens is 1. The number of rotatable bonds is 7. The van der Waals surface area contributed by atoms with Crippen LogP contribution in [-0.4, -0.2) is 46.9 Å². The first-order valence-electron chi connectivity index (χ1n) is 10.1. The van der Waals surface area contributed by atoms with Crippen molar-refractivity contribution in [1.29, 1.82) is 0 Å². The highest BCUT2D eigenvalue weighted by atomic mass is 127. The molecule has 0 aliphatic carbocycles. The molecule has 174 valence electrons. The highest BCUT2D eigenvalue weighted by Gasteiger charge is 2.30. The third-order valence-electron chi connectivity index (χ3n) is 4.46. The summed E-state index contributed by atoms with van der Waals surface area (Å²) in [7, 11) is 1.69. The highest BCUT2D eigenvalue weighted by Crippen LogP contribution is 2.19. The van der Waals surface area contributed by atoms with Crippen molar-refractivity contribution in [1.82, 2.24) is 26.1 Å². The number of aromatic nitrogens is 2. The first-order chi connectivity index (χ1) is 13.3. The topological polar surface area (TPSA) is 114 Å². The summed E-state index contributed by atoms with van der Waals surface area (Å²) in [6, 6.07) is 0. The maximum absolute atomic E-state index is 12.3. The van der Waals surface area contributed by atoms with Gasteiger partial charge in [0.1, 0.15) is 5.60 Å². The third-order valence-corrected chi connectivity index (χ3v) is 4.46. The Hall–Kier alpha value is -1.59. The van der Waals surface area contributed by atoms with Gasteiger partial charge in [-0.1, -0.05) is 39.8 Å². The Balaban J connectivity index is 0.00000841. The zero-order valence-corrected chi connectivity index (χ0v) is 22.1. The number of carbonyl (C=O) groups is 1. The number of hydrogen-bond acceptors (Lipinski definition) is 6. The quantitative estimate of drug-likeness (QED) is 0.275. The molecule has 1 heterocycles. The Kier molecular flexibility index (Phi) is 11.1. The van der Waals surface area contributed by atoms with Gasteiger partial charge < -0.3 is 25.2 Å². The molecule has 1 rings (SSSR count). The summed E-state index contributed by atoms with van der Waals surface area (Å²) in [5, 5.41) is 13.5. The molecule has 0 spiro atoms. The van der Waals surface area contributed by atoms with Crippen molar-refractivity contribution < 1.29 is 14.1 Å². The van der Waals surface area contributed by atoms with Gasteiger partial charge in [0.15, 0.2) is 11.8 Å². The van der Waals surface area contributed by atoms with Gasteiger partial charge in [0.25, 0.3) is 0 Å². The molecule has 9 nitrogen and oxygen atoms in total. The lowest BCUT2D eigenvalue weighted by atomic mass is 9.93. The molecular formula is C20H39IN6O3. The lowest BCUT2D eigenvalue weighted by Crippen LogP contribution is -2.57. The molecule has 0 saturated carbocycles. The van der Waals surface area contributed by atoms with Crippen LogP contribution in [0.15, 0.2) is 9.52 Å². The van der Waals surface area contributed by atoms with E-state index in [0.29, 0.717) is 30.8 Å². The van der Waals surface area contributed by atoms with Crippen LogP contribution in [0.2, 0.25) is 0 Å². The molecule has 0 radical (unpaired) electrons. The minimum atomic E-state index is -0.543. The van der Waals surface area contributed by atoms with E-state index in [9.17, 15) is 4.79 Å². The van der Waals surface area contributed by atoms with Crippen LogP contribution in [0.25, 0.3) is 0 Å². The Bertz CT molecular complexity index is 687. The Morgan fingerprint density at radius 3 is 2.13 bits per heavy atom. The van der Waals surface area contributed by atoms with Crippen molar-refractivity contribution in [3.8, 4) is 0 Å². The van der Waals surface area contributed by atoms with Crippen molar-refractivity contribution in [2.75, 3.05) is 13.6 Å². The van der Waals surface area contributed by atoms with Gasteiger partial charge in [-0.05, 0) is 33.6 Å². The molecule has 0 saturated heterocycles. The fourth-order valence-corrected chi connectivity index (χ4v) is 2.51. The molecule has 0 atom stereocenters. The van der Waals surface area contributed by atoms with E-state index in [4.69, 9.17) is 9.26 Å². The van der Waals surface area contributed by atoms with Crippen LogP contribution in [0, 0.1) is 0 Å². The van der Waals surface area contributed by atoms with E-state index < -0.39 is 17.2 Å². The lowest BCUT2D eigenvalue weighted by molar-refractivity contribution is 0.0448. The molecule has 10 heteroatoms. The van der Waals surface area contributed by atoms with Crippen molar-refractivity contribution in [3.05, 3.63) is 11.7 Å². The largest absolute Gasteiger partial charge is 0.444 e. The average Bonchev–Trinajstić information content (AvgIpc) is 3.08. The van der Waals surface area contributed by atoms with Gasteiger partial charge in [0.05, 0.1) is 12.1 Å². The summed E-state index contributed by atoms with van der Waals surface area (Å²) < 4.78 is 10.7. The van der Waals surface area contributed by atoms with E-state index in [2.05, 4.69) is 31.1 Å². The van der Waals surface area contributed by atoms with Crippen LogP contribution in [0.3, 0.4) is 0 Å². The molecule has 0 fully saturated rings. The number of hydrogen-bond donors (Lipinski definition) is 3. The predicted molar refractivity (Wildman–Crippen MR) is 129 cm³/mol. The first-order valence-corrected chi connectivity index (χ1v) is 10.1. The van der Waals surface area contributed by atoms with Crippen molar-refractivity contribution >= 4 is 36.0 Å². The molecule has 30 heavy (non-hydrogen) atoms. The maximum Gasteiger partial charge on any atom is 0.408 e. The number of guanidine groups is 1. The number of carbonyl (C=O) groups excluding carboxylic acids is 1. The fraction of sp³-hybridized carbons (Fsp3) is 0.800. The second-order valence-corrected chi connectivity index (χ2v) is 9.16. The molecule has 1 amide bonds. The summed E-state index contributed by atoms with van der Waals surface area (Å²) in [6.45, 7) is 16.5. The van der Waals surface area contributed by atoms with E-state index >= 15 is 0 Å². The smallest absolute Gasteiger partial charge is 0.408 e. The van der Waals surface area contributed by atoms with E-state index in [0.717, 1.165) is 12.8 Å². The number of amides is 1. The molecule has 3 N–H and O–H groups in total. The SMILES string of the molecule is CCC(CC)(CNC(=NC)NCc1noc(C(C)(C)C)n1)NC(=O)OC(C)(C)C.I. The monoisotopic (exact) mass is 538 g/mol. The number of aliphatic imine (C=N–C) groups is 1. The zero-order chi connectivity index (χ0) is 22.3. The van der Waals surface area contributed by atoms with Gasteiger partial charge in [-0.2, -0.15) is 4.98 Å². The number of nitrogens with one attached hydrogen (secondary N) is 3. The predicted octanol–water partition coefficient (Wildman–Crippen LogP) is 3.73. The molecule has 1 aromatic heterocycles. The molecule has 0 aliphatic heterocycles. The Morgan fingerprint density at radius 2 is 1.70 bits per heavy atom. The van der Waals surface area contributed by atoms with Crippen molar-refractivity contribution in [2.24, 2.45) is 4.99 Å². The summed E-state index contributed by atoms with van der Waals surface area (Å²) >= 11 is 0. The fourth-order valence-electron chi connectivity index (χ4n) is 2.51. The molecular weight excluding hydrogens is 499 g/mol. The Labute approximate surface area is 197 Å². The summed E-state index contributed by atoms with van der Waals surface area (Å²) in [5.74, 6) is 1.74. The molecule has 0 unspecified atom stereocenters. The average molecular weight is 538 g/mol. The van der Waals surface area contributed by atoms with Crippen molar-refractivity contribution in [3.63, 3.8) is 0 Å². The van der Waals surface area contributed by atoms with Crippen LogP contribution in [0.4, 0.5) is 4.79 Å². The van der Waals surface area contributed by atoms with Crippen molar-refractivity contribution in [2.45, 2.75) is 91.3 Å². The Morgan fingerprint density at radius 1 is 1.10 bits per heavy atom. The van der Waals surface area contributed by atoms with Crippen LogP contribution in [0.5, 0.6) is 0 Å². The standard InChI is InChI=1S/C20H38N6O3.HI/c1-10-20(11-2,25-17(27)28-19(6,7)8)13-23-16(21-9)22-12-14-24-15(29-26-14)18(3,4)5;/h10-13H2,1-9H3,(H,25,27)(H2,21,22,23);1H. The van der Waals surface area contributed by atoms with E-state index in [1.807, 2.05) is 55.4 Å². The van der Waals surface area contributed by atoms with Gasteiger partial charge in [-0.15, -0.1) is 24.0 Å². The first kappa shape index (κ1) is 28.4. The third kappa shape index (κ3) is 9.48. The molecule has 0 aliphatic rings. The molecule has 0 bridgehead atoms. The van der Waals surface area contributed by atoms with Gasteiger partial charge in [-0.3, -0.25) is 4.99 Å². The zero-order valence-electron chi connectivity index (χ0n) is 19.8. The van der Waals surface area contributed by atoms with Gasteiger partial charge in [0.2, 0.25) is 5.89 Å². The second-order valence-electron chi connectivity index (χ2n) is 9.16. The number of alkyl carbamates (subject to hydrolysis) is 1. The minimum absolute atomic E-state index is 0. The summed E-state index contributed by atoms with van der Waals surface area (Å²) in [4.78, 5) is 20.9. The maximum atomic E-state index is 12.3. The second kappa shape index (κ2) is 11.7. The van der Waals surface area contributed by atoms with E-state index in [1.165, 1.54) is 0 Å². The van der Waals surface area contributed by atoms with Gasteiger partial charge in [-0.25, -0.2) is 4.79 Å². The van der Waals surface area contributed by atoms with Gasteiger partial charge >= 0.3 is 6.09 Å². The van der Waals surface area contributed by atoms with Crippen LogP contribution >= 0.6 is 24.0 Å². The number of nitrogens with zero attached hydrogens (tertiary/aromatic N) is 3. The lowest BCUT2D eigenvalue weighted by Gasteiger charge is -2.34. The normalized spacial score (nSPS) is 12.8.